The van der Waals surface area contributed by atoms with Gasteiger partial charge < -0.3 is 5.11 Å². The average molecular weight is 260 g/mol. The summed E-state index contributed by atoms with van der Waals surface area (Å²) in [4.78, 5) is 4.03. The summed E-state index contributed by atoms with van der Waals surface area (Å²) in [5.74, 6) is 0. The minimum absolute atomic E-state index is 0.375. The first-order chi connectivity index (χ1) is 7.20. The van der Waals surface area contributed by atoms with Crippen LogP contribution in [0.15, 0.2) is 29.1 Å². The molecule has 0 aliphatic heterocycles. The van der Waals surface area contributed by atoms with E-state index in [2.05, 4.69) is 4.98 Å². The van der Waals surface area contributed by atoms with Crippen LogP contribution in [0.2, 0.25) is 10.0 Å². The topological polar surface area (TPSA) is 33.1 Å². The monoisotopic (exact) mass is 259 g/mol. The molecule has 0 spiro atoms. The fourth-order valence-electron chi connectivity index (χ4n) is 1.25. The molecule has 1 heterocycles. The molecule has 78 valence electrons. The van der Waals surface area contributed by atoms with Gasteiger partial charge >= 0.3 is 0 Å². The Balaban J connectivity index is 2.42. The zero-order chi connectivity index (χ0) is 10.8. The molecular weight excluding hydrogens is 253 g/mol. The van der Waals surface area contributed by atoms with E-state index in [1.54, 1.807) is 29.1 Å². The molecule has 0 bridgehead atoms. The Morgan fingerprint density at radius 2 is 2.13 bits per heavy atom. The summed E-state index contributed by atoms with van der Waals surface area (Å²) in [6.07, 6.45) is -0.817. The van der Waals surface area contributed by atoms with Gasteiger partial charge in [0.15, 0.2) is 0 Å². The van der Waals surface area contributed by atoms with Crippen molar-refractivity contribution in [3.05, 3.63) is 50.4 Å². The van der Waals surface area contributed by atoms with Crippen LogP contribution >= 0.6 is 34.5 Å². The highest BCUT2D eigenvalue weighted by Gasteiger charge is 2.16. The zero-order valence-electron chi connectivity index (χ0n) is 7.52. The summed E-state index contributed by atoms with van der Waals surface area (Å²) < 4.78 is 0. The molecule has 0 saturated heterocycles. The highest BCUT2D eigenvalue weighted by Crippen LogP contribution is 2.32. The summed E-state index contributed by atoms with van der Waals surface area (Å²) in [5.41, 5.74) is 2.83. The number of thiazole rings is 1. The quantitative estimate of drug-likeness (QED) is 0.895. The van der Waals surface area contributed by atoms with Crippen molar-refractivity contribution in [3.63, 3.8) is 0 Å². The van der Waals surface area contributed by atoms with Gasteiger partial charge in [0, 0.05) is 10.9 Å². The van der Waals surface area contributed by atoms with Crippen LogP contribution < -0.4 is 0 Å². The lowest BCUT2D eigenvalue weighted by atomic mass is 10.1. The summed E-state index contributed by atoms with van der Waals surface area (Å²) >= 11 is 13.3. The molecule has 1 N–H and O–H groups in total. The molecule has 1 atom stereocenters. The molecule has 0 aliphatic carbocycles. The predicted molar refractivity (Wildman–Crippen MR) is 62.6 cm³/mol. The maximum absolute atomic E-state index is 9.99. The van der Waals surface area contributed by atoms with Crippen LogP contribution in [-0.2, 0) is 0 Å². The lowest BCUT2D eigenvalue weighted by Gasteiger charge is -2.10. The second kappa shape index (κ2) is 4.49. The number of hydrogen-bond donors (Lipinski definition) is 1. The Morgan fingerprint density at radius 3 is 2.80 bits per heavy atom. The van der Waals surface area contributed by atoms with Crippen LogP contribution in [0.4, 0.5) is 0 Å². The molecule has 0 saturated carbocycles. The van der Waals surface area contributed by atoms with Gasteiger partial charge in [-0.3, -0.25) is 0 Å². The van der Waals surface area contributed by atoms with Gasteiger partial charge in [0.05, 0.1) is 21.2 Å². The Labute approximate surface area is 101 Å². The van der Waals surface area contributed by atoms with Gasteiger partial charge in [0.25, 0.3) is 0 Å². The van der Waals surface area contributed by atoms with E-state index >= 15 is 0 Å². The molecule has 0 radical (unpaired) electrons. The van der Waals surface area contributed by atoms with Crippen LogP contribution in [-0.4, -0.2) is 10.1 Å². The van der Waals surface area contributed by atoms with E-state index in [9.17, 15) is 5.11 Å². The number of benzene rings is 1. The smallest absolute Gasteiger partial charge is 0.123 e. The van der Waals surface area contributed by atoms with E-state index in [4.69, 9.17) is 23.2 Å². The molecule has 1 unspecified atom stereocenters. The lowest BCUT2D eigenvalue weighted by molar-refractivity contribution is 0.216. The van der Waals surface area contributed by atoms with Crippen molar-refractivity contribution < 1.29 is 5.11 Å². The average Bonchev–Trinajstić information content (AvgIpc) is 2.74. The second-order valence-corrected chi connectivity index (χ2v) is 4.46. The number of hydrogen-bond acceptors (Lipinski definition) is 3. The molecule has 0 amide bonds. The number of aliphatic hydroxyl groups is 1. The van der Waals surface area contributed by atoms with Gasteiger partial charge in [-0.1, -0.05) is 35.3 Å². The SMILES string of the molecule is OC(c1cscn1)c1cccc(Cl)c1Cl. The molecule has 0 aliphatic rings. The van der Waals surface area contributed by atoms with E-state index < -0.39 is 6.10 Å². The van der Waals surface area contributed by atoms with Crippen LogP contribution in [0.5, 0.6) is 0 Å². The Bertz CT molecular complexity index is 458. The number of nitrogens with zero attached hydrogens (tertiary/aromatic N) is 1. The number of rotatable bonds is 2. The molecule has 2 nitrogen and oxygen atoms in total. The first kappa shape index (κ1) is 10.9. The van der Waals surface area contributed by atoms with Crippen LogP contribution in [0.3, 0.4) is 0 Å². The first-order valence-electron chi connectivity index (χ1n) is 4.20. The number of halogens is 2. The van der Waals surface area contributed by atoms with E-state index in [-0.39, 0.29) is 0 Å². The second-order valence-electron chi connectivity index (χ2n) is 2.96. The van der Waals surface area contributed by atoms with Crippen molar-refractivity contribution in [2.75, 3.05) is 0 Å². The van der Waals surface area contributed by atoms with Crippen molar-refractivity contribution in [1.29, 1.82) is 0 Å². The van der Waals surface area contributed by atoms with Gasteiger partial charge in [0.1, 0.15) is 6.10 Å². The molecule has 2 aromatic rings. The fraction of sp³-hybridized carbons (Fsp3) is 0.100. The third kappa shape index (κ3) is 2.16. The number of aromatic nitrogens is 1. The zero-order valence-corrected chi connectivity index (χ0v) is 9.85. The fourth-order valence-corrected chi connectivity index (χ4v) is 2.23. The summed E-state index contributed by atoms with van der Waals surface area (Å²) in [6.45, 7) is 0. The van der Waals surface area contributed by atoms with Crippen molar-refractivity contribution in [1.82, 2.24) is 4.98 Å². The van der Waals surface area contributed by atoms with Gasteiger partial charge in [-0.05, 0) is 6.07 Å². The van der Waals surface area contributed by atoms with Gasteiger partial charge in [-0.15, -0.1) is 11.3 Å². The number of aliphatic hydroxyl groups excluding tert-OH is 1. The summed E-state index contributed by atoms with van der Waals surface area (Å²) in [6, 6.07) is 5.17. The van der Waals surface area contributed by atoms with E-state index in [1.165, 1.54) is 11.3 Å². The third-order valence-electron chi connectivity index (χ3n) is 2.01. The third-order valence-corrected chi connectivity index (χ3v) is 3.45. The Kier molecular flexibility index (Phi) is 3.26. The minimum Gasteiger partial charge on any atom is -0.382 e. The normalized spacial score (nSPS) is 12.7. The minimum atomic E-state index is -0.817. The molecule has 15 heavy (non-hydrogen) atoms. The molecular formula is C10H7Cl2NOS. The van der Waals surface area contributed by atoms with Crippen molar-refractivity contribution in [3.8, 4) is 0 Å². The maximum Gasteiger partial charge on any atom is 0.123 e. The van der Waals surface area contributed by atoms with Crippen LogP contribution in [0.25, 0.3) is 0 Å². The lowest BCUT2D eigenvalue weighted by Crippen LogP contribution is -2.00. The summed E-state index contributed by atoms with van der Waals surface area (Å²) in [7, 11) is 0. The molecule has 1 aromatic carbocycles. The van der Waals surface area contributed by atoms with Crippen molar-refractivity contribution >= 4 is 34.5 Å². The largest absolute Gasteiger partial charge is 0.382 e. The Hall–Kier alpha value is -0.610. The van der Waals surface area contributed by atoms with Crippen LogP contribution in [0.1, 0.15) is 17.4 Å². The summed E-state index contributed by atoms with van der Waals surface area (Å²) in [5, 5.41) is 12.6. The maximum atomic E-state index is 9.99. The highest BCUT2D eigenvalue weighted by molar-refractivity contribution is 7.07. The predicted octanol–water partition coefficient (Wildman–Crippen LogP) is 3.53. The van der Waals surface area contributed by atoms with Gasteiger partial charge in [0.2, 0.25) is 0 Å². The molecule has 2 rings (SSSR count). The van der Waals surface area contributed by atoms with Crippen LogP contribution in [0, 0.1) is 0 Å². The Morgan fingerprint density at radius 1 is 1.33 bits per heavy atom. The molecule has 5 heteroatoms. The van der Waals surface area contributed by atoms with Crippen molar-refractivity contribution in [2.24, 2.45) is 0 Å². The highest BCUT2D eigenvalue weighted by atomic mass is 35.5. The molecule has 1 aromatic heterocycles. The first-order valence-corrected chi connectivity index (χ1v) is 5.90. The van der Waals surface area contributed by atoms with E-state index in [0.717, 1.165) is 0 Å². The standard InChI is InChI=1S/C10H7Cl2NOS/c11-7-3-1-2-6(9(7)12)10(14)8-4-15-5-13-8/h1-5,10,14H. The van der Waals surface area contributed by atoms with Gasteiger partial charge in [-0.2, -0.15) is 0 Å². The van der Waals surface area contributed by atoms with Crippen molar-refractivity contribution in [2.45, 2.75) is 6.10 Å². The van der Waals surface area contributed by atoms with Gasteiger partial charge in [-0.25, -0.2) is 4.98 Å². The molecule has 0 fully saturated rings. The van der Waals surface area contributed by atoms with E-state index in [1.807, 2.05) is 0 Å². The van der Waals surface area contributed by atoms with E-state index in [0.29, 0.717) is 21.3 Å².